The molecule has 0 aliphatic rings. The van der Waals surface area contributed by atoms with Crippen molar-refractivity contribution in [3.8, 4) is 17.2 Å². The van der Waals surface area contributed by atoms with Crippen LogP contribution in [0.4, 0.5) is 0 Å². The normalized spacial score (nSPS) is 10.1. The summed E-state index contributed by atoms with van der Waals surface area (Å²) in [6, 6.07) is 32.0. The molecule has 0 atom stereocenters. The van der Waals surface area contributed by atoms with E-state index in [0.29, 0.717) is 17.2 Å². The van der Waals surface area contributed by atoms with Gasteiger partial charge in [0.2, 0.25) is 5.75 Å². The third-order valence-electron chi connectivity index (χ3n) is 4.97. The topological polar surface area (TPSA) is 65.0 Å². The van der Waals surface area contributed by atoms with Crippen LogP contribution < -0.4 is 65.6 Å². The summed E-state index contributed by atoms with van der Waals surface area (Å²) in [6.45, 7) is 0.824. The van der Waals surface area contributed by atoms with Crippen LogP contribution in [-0.2, 0) is 19.8 Å². The molecule has 0 amide bonds. The first kappa shape index (κ1) is 26.0. The average Bonchev–Trinajstić information content (AvgIpc) is 2.87. The van der Waals surface area contributed by atoms with Gasteiger partial charge in [0.05, 0.1) is 5.56 Å². The predicted molar refractivity (Wildman–Crippen MR) is 126 cm³/mol. The molecular formula is C28H24KO5+. The van der Waals surface area contributed by atoms with Crippen LogP contribution in [0.2, 0.25) is 0 Å². The maximum Gasteiger partial charge on any atom is 1.00 e. The monoisotopic (exact) mass is 479 g/mol. The molecule has 0 unspecified atom stereocenters. The van der Waals surface area contributed by atoms with Gasteiger partial charge in [-0.25, -0.2) is 4.79 Å². The minimum Gasteiger partial charge on any atom is -0.485 e. The fourth-order valence-corrected chi connectivity index (χ4v) is 3.26. The smallest absolute Gasteiger partial charge is 0.485 e. The van der Waals surface area contributed by atoms with Gasteiger partial charge in [-0.15, -0.1) is 0 Å². The molecule has 6 heteroatoms. The number of benzene rings is 4. The molecule has 4 rings (SSSR count). The van der Waals surface area contributed by atoms with E-state index in [0.717, 1.165) is 16.7 Å². The van der Waals surface area contributed by atoms with Crippen LogP contribution in [0.3, 0.4) is 0 Å². The molecule has 0 aliphatic carbocycles. The van der Waals surface area contributed by atoms with E-state index in [2.05, 4.69) is 0 Å². The Labute approximate surface area is 241 Å². The molecule has 0 spiro atoms. The second kappa shape index (κ2) is 13.3. The third-order valence-corrected chi connectivity index (χ3v) is 4.97. The van der Waals surface area contributed by atoms with Gasteiger partial charge in [-0.2, -0.15) is 0 Å². The zero-order valence-corrected chi connectivity index (χ0v) is 22.1. The molecule has 0 saturated carbocycles. The standard InChI is InChI=1S/C28H24O5.K/c29-28(30)24-16-25(31-18-21-10-4-1-5-11-21)27(33-20-23-14-8-3-9-15-23)26(17-24)32-19-22-12-6-2-7-13-22;/h1-17H,18-20H2,(H,29,30);/q;+1. The fraction of sp³-hybridized carbons (Fsp3) is 0.107. The van der Waals surface area contributed by atoms with Gasteiger partial charge in [0.25, 0.3) is 0 Å². The summed E-state index contributed by atoms with van der Waals surface area (Å²) in [7, 11) is 0. The Kier molecular flexibility index (Phi) is 10.2. The Morgan fingerprint density at radius 2 is 0.941 bits per heavy atom. The number of hydrogen-bond donors (Lipinski definition) is 1. The number of carbonyl (C=O) groups is 1. The Balaban J connectivity index is 0.00000324. The van der Waals surface area contributed by atoms with E-state index in [1.807, 2.05) is 91.0 Å². The predicted octanol–water partition coefficient (Wildman–Crippen LogP) is 3.13. The zero-order valence-electron chi connectivity index (χ0n) is 19.0. The molecular weight excluding hydrogens is 455 g/mol. The van der Waals surface area contributed by atoms with Crippen LogP contribution >= 0.6 is 0 Å². The number of carboxylic acids is 1. The minimum atomic E-state index is -1.07. The molecule has 34 heavy (non-hydrogen) atoms. The van der Waals surface area contributed by atoms with Gasteiger partial charge < -0.3 is 19.3 Å². The summed E-state index contributed by atoms with van der Waals surface area (Å²) >= 11 is 0. The van der Waals surface area contributed by atoms with E-state index in [1.54, 1.807) is 0 Å². The van der Waals surface area contributed by atoms with Crippen molar-refractivity contribution in [1.82, 2.24) is 0 Å². The van der Waals surface area contributed by atoms with Crippen molar-refractivity contribution in [3.63, 3.8) is 0 Å². The van der Waals surface area contributed by atoms with Crippen LogP contribution in [-0.4, -0.2) is 11.1 Å². The van der Waals surface area contributed by atoms with Crippen molar-refractivity contribution in [2.45, 2.75) is 19.8 Å². The van der Waals surface area contributed by atoms with Crippen molar-refractivity contribution < 1.29 is 75.5 Å². The molecule has 5 nitrogen and oxygen atoms in total. The van der Waals surface area contributed by atoms with E-state index in [9.17, 15) is 9.90 Å². The van der Waals surface area contributed by atoms with Gasteiger partial charge in [-0.1, -0.05) is 91.0 Å². The van der Waals surface area contributed by atoms with E-state index < -0.39 is 5.97 Å². The van der Waals surface area contributed by atoms with Crippen LogP contribution in [0.1, 0.15) is 27.0 Å². The number of aromatic carboxylic acids is 1. The number of hydrogen-bond acceptors (Lipinski definition) is 4. The van der Waals surface area contributed by atoms with Gasteiger partial charge in [0, 0.05) is 0 Å². The van der Waals surface area contributed by atoms with E-state index in [1.165, 1.54) is 12.1 Å². The molecule has 0 bridgehead atoms. The van der Waals surface area contributed by atoms with Gasteiger partial charge in [0.1, 0.15) is 19.8 Å². The molecule has 4 aromatic rings. The summed E-state index contributed by atoms with van der Waals surface area (Å²) in [5.74, 6) is -0.0649. The quantitative estimate of drug-likeness (QED) is 0.354. The van der Waals surface area contributed by atoms with Gasteiger partial charge in [-0.3, -0.25) is 0 Å². The third kappa shape index (κ3) is 7.45. The zero-order chi connectivity index (χ0) is 22.9. The number of rotatable bonds is 10. The van der Waals surface area contributed by atoms with Gasteiger partial charge in [-0.05, 0) is 28.8 Å². The van der Waals surface area contributed by atoms with Crippen molar-refractivity contribution in [2.75, 3.05) is 0 Å². The molecule has 1 N–H and O–H groups in total. The average molecular weight is 480 g/mol. The minimum absolute atomic E-state index is 0. The van der Waals surface area contributed by atoms with Crippen LogP contribution in [0.15, 0.2) is 103 Å². The molecule has 0 aromatic heterocycles. The fourth-order valence-electron chi connectivity index (χ4n) is 3.26. The van der Waals surface area contributed by atoms with Crippen LogP contribution in [0, 0.1) is 0 Å². The van der Waals surface area contributed by atoms with Gasteiger partial charge >= 0.3 is 57.4 Å². The Morgan fingerprint density at radius 1 is 0.588 bits per heavy atom. The summed E-state index contributed by atoms with van der Waals surface area (Å²) < 4.78 is 18.2. The first-order valence-electron chi connectivity index (χ1n) is 10.6. The number of ether oxygens (including phenoxy) is 3. The maximum atomic E-state index is 11.8. The Morgan fingerprint density at radius 3 is 1.29 bits per heavy atom. The molecule has 0 heterocycles. The second-order valence-corrected chi connectivity index (χ2v) is 7.43. The summed E-state index contributed by atoms with van der Waals surface area (Å²) in [6.07, 6.45) is 0. The first-order chi connectivity index (χ1) is 16.2. The largest absolute Gasteiger partial charge is 1.00 e. The molecule has 0 radical (unpaired) electrons. The molecule has 166 valence electrons. The molecule has 0 saturated heterocycles. The van der Waals surface area contributed by atoms with Crippen molar-refractivity contribution in [1.29, 1.82) is 0 Å². The van der Waals surface area contributed by atoms with Crippen molar-refractivity contribution in [2.24, 2.45) is 0 Å². The molecule has 0 aliphatic heterocycles. The SMILES string of the molecule is O=C(O)c1cc(OCc2ccccc2)c(OCc2ccccc2)c(OCc2ccccc2)c1.[K+]. The number of carboxylic acid groups (broad SMARTS) is 1. The molecule has 0 fully saturated rings. The van der Waals surface area contributed by atoms with Crippen LogP contribution in [0.5, 0.6) is 17.2 Å². The summed E-state index contributed by atoms with van der Waals surface area (Å²) in [5, 5.41) is 9.65. The second-order valence-electron chi connectivity index (χ2n) is 7.43. The summed E-state index contributed by atoms with van der Waals surface area (Å²) in [5.41, 5.74) is 2.95. The summed E-state index contributed by atoms with van der Waals surface area (Å²) in [4.78, 5) is 11.8. The van der Waals surface area contributed by atoms with E-state index in [4.69, 9.17) is 14.2 Å². The van der Waals surface area contributed by atoms with Crippen molar-refractivity contribution in [3.05, 3.63) is 125 Å². The molecule has 4 aromatic carbocycles. The van der Waals surface area contributed by atoms with Crippen LogP contribution in [0.25, 0.3) is 0 Å². The Hall–Kier alpha value is -2.61. The van der Waals surface area contributed by atoms with Gasteiger partial charge in [0.15, 0.2) is 11.5 Å². The van der Waals surface area contributed by atoms with Crippen molar-refractivity contribution >= 4 is 5.97 Å². The first-order valence-corrected chi connectivity index (χ1v) is 10.6. The van der Waals surface area contributed by atoms with E-state index in [-0.39, 0.29) is 76.8 Å². The van der Waals surface area contributed by atoms with E-state index >= 15 is 0 Å². The Bertz CT molecular complexity index is 1120. The maximum absolute atomic E-state index is 11.8.